The summed E-state index contributed by atoms with van der Waals surface area (Å²) in [4.78, 5) is 23.4. The van der Waals surface area contributed by atoms with E-state index in [1.54, 1.807) is 31.2 Å². The molecule has 6 N–H and O–H groups in total. The molecule has 1 heterocycles. The number of nitrogens with two attached hydrogens (primary N) is 1. The molecule has 0 aliphatic rings. The number of benzene rings is 2. The van der Waals surface area contributed by atoms with Gasteiger partial charge in [-0.2, -0.15) is 5.10 Å². The number of aromatic amines is 1. The van der Waals surface area contributed by atoms with E-state index in [0.717, 1.165) is 11.1 Å². The SMILES string of the molecule is Cc1ccc(NC(=O)Nc2cccc(CNc3cn[nH]c3C(N)=O)c2)c(F)c1. The van der Waals surface area contributed by atoms with Crippen molar-refractivity contribution < 1.29 is 14.0 Å². The predicted octanol–water partition coefficient (Wildman–Crippen LogP) is 3.21. The molecule has 28 heavy (non-hydrogen) atoms. The first-order chi connectivity index (χ1) is 13.4. The lowest BCUT2D eigenvalue weighted by molar-refractivity contribution is 0.0996. The molecule has 0 unspecified atom stereocenters. The molecule has 9 heteroatoms. The third-order valence-electron chi connectivity index (χ3n) is 3.93. The summed E-state index contributed by atoms with van der Waals surface area (Å²) in [6.45, 7) is 2.14. The van der Waals surface area contributed by atoms with Crippen LogP contribution < -0.4 is 21.7 Å². The zero-order valence-electron chi connectivity index (χ0n) is 15.0. The second-order valence-electron chi connectivity index (χ2n) is 6.14. The van der Waals surface area contributed by atoms with Crippen LogP contribution in [0.15, 0.2) is 48.7 Å². The Morgan fingerprint density at radius 2 is 1.96 bits per heavy atom. The van der Waals surface area contributed by atoms with Gasteiger partial charge in [-0.25, -0.2) is 9.18 Å². The first-order valence-electron chi connectivity index (χ1n) is 8.42. The van der Waals surface area contributed by atoms with Gasteiger partial charge in [-0.1, -0.05) is 18.2 Å². The molecule has 0 bridgehead atoms. The average Bonchev–Trinajstić information content (AvgIpc) is 3.12. The number of carbonyl (C=O) groups is 2. The van der Waals surface area contributed by atoms with Crippen molar-refractivity contribution in [3.8, 4) is 0 Å². The van der Waals surface area contributed by atoms with Gasteiger partial charge >= 0.3 is 6.03 Å². The predicted molar refractivity (Wildman–Crippen MR) is 105 cm³/mol. The van der Waals surface area contributed by atoms with Crippen molar-refractivity contribution in [1.29, 1.82) is 0 Å². The number of anilines is 3. The van der Waals surface area contributed by atoms with Crippen molar-refractivity contribution >= 4 is 29.0 Å². The fraction of sp³-hybridized carbons (Fsp3) is 0.105. The molecule has 0 atom stereocenters. The Balaban J connectivity index is 1.62. The fourth-order valence-corrected chi connectivity index (χ4v) is 2.57. The summed E-state index contributed by atoms with van der Waals surface area (Å²) >= 11 is 0. The van der Waals surface area contributed by atoms with Crippen molar-refractivity contribution in [3.05, 3.63) is 71.3 Å². The van der Waals surface area contributed by atoms with Gasteiger partial charge in [-0.3, -0.25) is 9.89 Å². The van der Waals surface area contributed by atoms with Crippen LogP contribution in [0.2, 0.25) is 0 Å². The number of rotatable bonds is 6. The molecule has 8 nitrogen and oxygen atoms in total. The van der Waals surface area contributed by atoms with E-state index < -0.39 is 17.8 Å². The number of hydrogen-bond donors (Lipinski definition) is 5. The van der Waals surface area contributed by atoms with Crippen LogP contribution in [0.25, 0.3) is 0 Å². The standard InChI is InChI=1S/C19H19FN6O2/c1-11-5-6-15(14(20)7-11)25-19(28)24-13-4-2-3-12(8-13)9-22-16-10-23-26-17(16)18(21)27/h2-8,10,22H,9H2,1H3,(H2,21,27)(H,23,26)(H2,24,25,28). The molecule has 3 rings (SSSR count). The Hall–Kier alpha value is -3.88. The highest BCUT2D eigenvalue weighted by Crippen LogP contribution is 2.17. The lowest BCUT2D eigenvalue weighted by Crippen LogP contribution is -2.20. The Bertz CT molecular complexity index is 1020. The van der Waals surface area contributed by atoms with Crippen LogP contribution in [-0.2, 0) is 6.54 Å². The van der Waals surface area contributed by atoms with Crippen molar-refractivity contribution in [1.82, 2.24) is 10.2 Å². The summed E-state index contributed by atoms with van der Waals surface area (Å²) in [5, 5.41) is 14.5. The topological polar surface area (TPSA) is 125 Å². The van der Waals surface area contributed by atoms with Crippen LogP contribution in [0.3, 0.4) is 0 Å². The Morgan fingerprint density at radius 1 is 1.14 bits per heavy atom. The largest absolute Gasteiger partial charge is 0.378 e. The number of primary amides is 1. The number of urea groups is 1. The van der Waals surface area contributed by atoms with E-state index in [4.69, 9.17) is 5.73 Å². The molecule has 3 amide bonds. The smallest absolute Gasteiger partial charge is 0.323 e. The highest BCUT2D eigenvalue weighted by Gasteiger charge is 2.11. The number of nitrogens with zero attached hydrogens (tertiary/aromatic N) is 1. The minimum atomic E-state index is -0.615. The van der Waals surface area contributed by atoms with E-state index in [1.165, 1.54) is 18.3 Å². The number of amides is 3. The van der Waals surface area contributed by atoms with Gasteiger partial charge in [-0.15, -0.1) is 0 Å². The third kappa shape index (κ3) is 4.64. The highest BCUT2D eigenvalue weighted by atomic mass is 19.1. The van der Waals surface area contributed by atoms with Crippen LogP contribution in [0, 0.1) is 12.7 Å². The number of aromatic nitrogens is 2. The number of halogens is 1. The van der Waals surface area contributed by atoms with E-state index in [9.17, 15) is 14.0 Å². The Kier molecular flexibility index (Phi) is 5.54. The Labute approximate surface area is 160 Å². The normalized spacial score (nSPS) is 10.4. The van der Waals surface area contributed by atoms with Crippen molar-refractivity contribution in [3.63, 3.8) is 0 Å². The van der Waals surface area contributed by atoms with Gasteiger partial charge in [0.15, 0.2) is 0 Å². The minimum absolute atomic E-state index is 0.0971. The van der Waals surface area contributed by atoms with Gasteiger partial charge < -0.3 is 21.7 Å². The maximum atomic E-state index is 13.8. The molecule has 3 aromatic rings. The maximum absolute atomic E-state index is 13.8. The van der Waals surface area contributed by atoms with Crippen molar-refractivity contribution in [2.45, 2.75) is 13.5 Å². The van der Waals surface area contributed by atoms with Crippen molar-refractivity contribution in [2.24, 2.45) is 5.73 Å². The van der Waals surface area contributed by atoms with Crippen LogP contribution in [0.5, 0.6) is 0 Å². The van der Waals surface area contributed by atoms with Gasteiger partial charge in [0.25, 0.3) is 5.91 Å². The average molecular weight is 382 g/mol. The second-order valence-corrected chi connectivity index (χ2v) is 6.14. The number of carbonyl (C=O) groups excluding carboxylic acids is 2. The number of nitrogens with one attached hydrogen (secondary N) is 4. The van der Waals surface area contributed by atoms with Gasteiger partial charge in [0.05, 0.1) is 17.6 Å². The Morgan fingerprint density at radius 3 is 2.71 bits per heavy atom. The number of aryl methyl sites for hydroxylation is 1. The summed E-state index contributed by atoms with van der Waals surface area (Å²) in [6.07, 6.45) is 1.46. The van der Waals surface area contributed by atoms with Gasteiger partial charge in [0, 0.05) is 12.2 Å². The molecule has 0 aliphatic carbocycles. The second kappa shape index (κ2) is 8.21. The summed E-state index contributed by atoms with van der Waals surface area (Å²) in [5.41, 5.74) is 8.17. The summed E-state index contributed by atoms with van der Waals surface area (Å²) < 4.78 is 13.8. The third-order valence-corrected chi connectivity index (χ3v) is 3.93. The molecule has 0 fully saturated rings. The summed E-state index contributed by atoms with van der Waals surface area (Å²) in [7, 11) is 0. The summed E-state index contributed by atoms with van der Waals surface area (Å²) in [6, 6.07) is 11.1. The fourth-order valence-electron chi connectivity index (χ4n) is 2.57. The van der Waals surface area contributed by atoms with Crippen LogP contribution in [0.4, 0.5) is 26.2 Å². The molecule has 0 spiro atoms. The zero-order valence-corrected chi connectivity index (χ0v) is 15.0. The van der Waals surface area contributed by atoms with Gasteiger partial charge in [0.1, 0.15) is 11.5 Å². The van der Waals surface area contributed by atoms with Crippen LogP contribution >= 0.6 is 0 Å². The van der Waals surface area contributed by atoms with Gasteiger partial charge in [0.2, 0.25) is 0 Å². The molecule has 0 radical (unpaired) electrons. The minimum Gasteiger partial charge on any atom is -0.378 e. The molecular weight excluding hydrogens is 363 g/mol. The lowest BCUT2D eigenvalue weighted by atomic mass is 10.2. The molecule has 2 aromatic carbocycles. The van der Waals surface area contributed by atoms with E-state index >= 15 is 0 Å². The number of H-pyrrole nitrogens is 1. The molecule has 0 aliphatic heterocycles. The molecule has 0 saturated carbocycles. The van der Waals surface area contributed by atoms with Gasteiger partial charge in [-0.05, 0) is 42.3 Å². The van der Waals surface area contributed by atoms with Crippen LogP contribution in [0.1, 0.15) is 21.6 Å². The molecule has 0 saturated heterocycles. The number of hydrogen-bond acceptors (Lipinski definition) is 4. The van der Waals surface area contributed by atoms with Crippen molar-refractivity contribution in [2.75, 3.05) is 16.0 Å². The molecular formula is C19H19FN6O2. The maximum Gasteiger partial charge on any atom is 0.323 e. The monoisotopic (exact) mass is 382 g/mol. The quantitative estimate of drug-likeness (QED) is 0.449. The van der Waals surface area contributed by atoms with E-state index in [1.807, 2.05) is 6.07 Å². The lowest BCUT2D eigenvalue weighted by Gasteiger charge is -2.11. The molecule has 1 aromatic heterocycles. The van der Waals surface area contributed by atoms with Crippen LogP contribution in [-0.4, -0.2) is 22.1 Å². The first-order valence-corrected chi connectivity index (χ1v) is 8.42. The molecule has 144 valence electrons. The van der Waals surface area contributed by atoms with E-state index in [2.05, 4.69) is 26.1 Å². The zero-order chi connectivity index (χ0) is 20.1. The van der Waals surface area contributed by atoms with E-state index in [0.29, 0.717) is 17.9 Å². The summed E-state index contributed by atoms with van der Waals surface area (Å²) in [5.74, 6) is -1.12. The van der Waals surface area contributed by atoms with E-state index in [-0.39, 0.29) is 11.4 Å². The first kappa shape index (κ1) is 18.9. The highest BCUT2D eigenvalue weighted by molar-refractivity contribution is 6.00.